The summed E-state index contributed by atoms with van der Waals surface area (Å²) in [6.45, 7) is 8.36. The van der Waals surface area contributed by atoms with Gasteiger partial charge in [-0.05, 0) is 29.5 Å². The molecule has 0 aliphatic carbocycles. The van der Waals surface area contributed by atoms with Crippen LogP contribution in [-0.2, 0) is 16.5 Å². The summed E-state index contributed by atoms with van der Waals surface area (Å²) < 4.78 is 29.9. The Morgan fingerprint density at radius 1 is 1.38 bits per heavy atom. The smallest absolute Gasteiger partial charge is 0.228 e. The SMILES string of the molecule is COc1ncc(-c2c(C)nc3sc(C(C)(C)C)cn23)cc1S(=O)[O-]. The summed E-state index contributed by atoms with van der Waals surface area (Å²) in [6.07, 6.45) is 3.67. The van der Waals surface area contributed by atoms with E-state index >= 15 is 0 Å². The Balaban J connectivity index is 2.22. The fraction of sp³-hybridized carbons (Fsp3) is 0.375. The summed E-state index contributed by atoms with van der Waals surface area (Å²) in [7, 11) is 1.40. The van der Waals surface area contributed by atoms with Crippen LogP contribution >= 0.6 is 11.3 Å². The maximum Gasteiger partial charge on any atom is 0.228 e. The number of fused-ring (bicyclic) bond motifs is 1. The van der Waals surface area contributed by atoms with Gasteiger partial charge in [0, 0.05) is 22.8 Å². The van der Waals surface area contributed by atoms with E-state index in [9.17, 15) is 8.76 Å². The van der Waals surface area contributed by atoms with Crippen LogP contribution in [0, 0.1) is 6.92 Å². The minimum Gasteiger partial charge on any atom is -0.768 e. The van der Waals surface area contributed by atoms with Crippen molar-refractivity contribution in [1.29, 1.82) is 0 Å². The molecule has 128 valence electrons. The third-order valence-electron chi connectivity index (χ3n) is 3.70. The van der Waals surface area contributed by atoms with Gasteiger partial charge in [0.05, 0.1) is 23.4 Å². The topological polar surface area (TPSA) is 79.5 Å². The number of ether oxygens (including phenoxy) is 1. The van der Waals surface area contributed by atoms with Crippen molar-refractivity contribution in [3.8, 4) is 17.1 Å². The van der Waals surface area contributed by atoms with Gasteiger partial charge >= 0.3 is 0 Å². The van der Waals surface area contributed by atoms with Crippen LogP contribution in [0.1, 0.15) is 31.3 Å². The van der Waals surface area contributed by atoms with Crippen molar-refractivity contribution in [2.24, 2.45) is 0 Å². The summed E-state index contributed by atoms with van der Waals surface area (Å²) >= 11 is -0.789. The molecule has 1 atom stereocenters. The van der Waals surface area contributed by atoms with Gasteiger partial charge in [-0.25, -0.2) is 9.97 Å². The standard InChI is InChI=1S/C16H19N3O3S2/c1-9-13(10-6-11(24(20)21)14(22-5)17-7-10)19-8-12(16(2,3)4)23-15(19)18-9/h6-8H,1-5H3,(H,20,21)/p-1. The molecule has 1 unspecified atom stereocenters. The molecule has 0 saturated carbocycles. The van der Waals surface area contributed by atoms with Gasteiger partial charge < -0.3 is 9.29 Å². The number of aromatic nitrogens is 3. The van der Waals surface area contributed by atoms with Crippen LogP contribution < -0.4 is 4.74 Å². The number of thiazole rings is 1. The maximum atomic E-state index is 11.4. The van der Waals surface area contributed by atoms with E-state index in [2.05, 4.69) is 36.9 Å². The van der Waals surface area contributed by atoms with Crippen molar-refractivity contribution in [1.82, 2.24) is 14.4 Å². The zero-order valence-electron chi connectivity index (χ0n) is 14.1. The van der Waals surface area contributed by atoms with Crippen LogP contribution in [0.5, 0.6) is 5.88 Å². The lowest BCUT2D eigenvalue weighted by Gasteiger charge is -2.14. The molecule has 24 heavy (non-hydrogen) atoms. The zero-order valence-corrected chi connectivity index (χ0v) is 15.7. The Morgan fingerprint density at radius 3 is 2.67 bits per heavy atom. The highest BCUT2D eigenvalue weighted by atomic mass is 32.2. The predicted molar refractivity (Wildman–Crippen MR) is 93.5 cm³/mol. The fourth-order valence-electron chi connectivity index (χ4n) is 2.48. The number of pyridine rings is 1. The van der Waals surface area contributed by atoms with E-state index < -0.39 is 11.1 Å². The largest absolute Gasteiger partial charge is 0.768 e. The second kappa shape index (κ2) is 5.94. The van der Waals surface area contributed by atoms with E-state index in [1.165, 1.54) is 12.0 Å². The number of hydrogen-bond donors (Lipinski definition) is 0. The van der Waals surface area contributed by atoms with Gasteiger partial charge in [-0.3, -0.25) is 8.61 Å². The third kappa shape index (κ3) is 2.85. The Kier molecular flexibility index (Phi) is 4.23. The monoisotopic (exact) mass is 364 g/mol. The molecule has 0 radical (unpaired) electrons. The molecule has 3 aromatic heterocycles. The molecule has 0 aliphatic heterocycles. The lowest BCUT2D eigenvalue weighted by molar-refractivity contribution is 0.384. The Bertz CT molecular complexity index is 938. The fourth-order valence-corrected chi connectivity index (χ4v) is 4.07. The molecule has 0 aromatic carbocycles. The summed E-state index contributed by atoms with van der Waals surface area (Å²) in [5.74, 6) is 0.0891. The van der Waals surface area contributed by atoms with Crippen molar-refractivity contribution in [3.05, 3.63) is 29.0 Å². The molecule has 3 aromatic rings. The van der Waals surface area contributed by atoms with Crippen LogP contribution in [0.15, 0.2) is 23.4 Å². The predicted octanol–water partition coefficient (Wildman–Crippen LogP) is 3.31. The molecule has 0 bridgehead atoms. The number of hydrogen-bond acceptors (Lipinski definition) is 6. The lowest BCUT2D eigenvalue weighted by atomic mass is 9.95. The Hall–Kier alpha value is -1.77. The first kappa shape index (κ1) is 17.1. The molecule has 3 heterocycles. The average molecular weight is 364 g/mol. The highest BCUT2D eigenvalue weighted by molar-refractivity contribution is 7.79. The lowest BCUT2D eigenvalue weighted by Crippen LogP contribution is -2.08. The van der Waals surface area contributed by atoms with Gasteiger partial charge in [-0.15, -0.1) is 11.3 Å². The summed E-state index contributed by atoms with van der Waals surface area (Å²) in [5.41, 5.74) is 2.39. The number of rotatable bonds is 3. The van der Waals surface area contributed by atoms with Crippen LogP contribution in [0.25, 0.3) is 16.2 Å². The van der Waals surface area contributed by atoms with Crippen molar-refractivity contribution in [2.75, 3.05) is 7.11 Å². The second-order valence-electron chi connectivity index (χ2n) is 6.51. The molecule has 0 N–H and O–H groups in total. The van der Waals surface area contributed by atoms with Gasteiger partial charge in [0.25, 0.3) is 0 Å². The Morgan fingerprint density at radius 2 is 2.08 bits per heavy atom. The molecule has 0 saturated heterocycles. The number of imidazole rings is 1. The van der Waals surface area contributed by atoms with Crippen LogP contribution in [0.2, 0.25) is 0 Å². The van der Waals surface area contributed by atoms with Crippen LogP contribution in [-0.4, -0.2) is 30.2 Å². The van der Waals surface area contributed by atoms with E-state index in [0.717, 1.165) is 16.3 Å². The van der Waals surface area contributed by atoms with Crippen molar-refractivity contribution in [3.63, 3.8) is 0 Å². The van der Waals surface area contributed by atoms with Gasteiger partial charge in [0.1, 0.15) is 0 Å². The van der Waals surface area contributed by atoms with Gasteiger partial charge in [0.15, 0.2) is 4.96 Å². The normalized spacial score (nSPS) is 13.4. The minimum absolute atomic E-state index is 0.0242. The van der Waals surface area contributed by atoms with Crippen molar-refractivity contribution < 1.29 is 13.5 Å². The van der Waals surface area contributed by atoms with Gasteiger partial charge in [-0.1, -0.05) is 20.8 Å². The van der Waals surface area contributed by atoms with E-state index in [-0.39, 0.29) is 16.2 Å². The zero-order chi connectivity index (χ0) is 17.6. The number of nitrogens with zero attached hydrogens (tertiary/aromatic N) is 3. The molecular weight excluding hydrogens is 346 g/mol. The number of aryl methyl sites for hydroxylation is 1. The van der Waals surface area contributed by atoms with E-state index in [0.29, 0.717) is 5.56 Å². The molecule has 3 rings (SSSR count). The molecule has 0 fully saturated rings. The van der Waals surface area contributed by atoms with E-state index in [4.69, 9.17) is 4.74 Å². The highest BCUT2D eigenvalue weighted by Gasteiger charge is 2.21. The molecule has 0 spiro atoms. The van der Waals surface area contributed by atoms with E-state index in [1.807, 2.05) is 11.3 Å². The summed E-state index contributed by atoms with van der Waals surface area (Å²) in [4.78, 5) is 10.9. The van der Waals surface area contributed by atoms with Crippen molar-refractivity contribution >= 4 is 27.4 Å². The second-order valence-corrected chi connectivity index (χ2v) is 8.43. The first-order valence-corrected chi connectivity index (χ1v) is 9.24. The first-order chi connectivity index (χ1) is 11.2. The minimum atomic E-state index is -2.43. The molecule has 8 heteroatoms. The molecule has 0 amide bonds. The first-order valence-electron chi connectivity index (χ1n) is 7.35. The molecule has 0 aliphatic rings. The Labute approximate surface area is 146 Å². The third-order valence-corrected chi connectivity index (χ3v) is 5.76. The van der Waals surface area contributed by atoms with Crippen LogP contribution in [0.3, 0.4) is 0 Å². The molecule has 6 nitrogen and oxygen atoms in total. The maximum absolute atomic E-state index is 11.4. The van der Waals surface area contributed by atoms with Crippen molar-refractivity contribution in [2.45, 2.75) is 38.0 Å². The van der Waals surface area contributed by atoms with Crippen LogP contribution in [0.4, 0.5) is 0 Å². The number of methoxy groups -OCH3 is 1. The highest BCUT2D eigenvalue weighted by Crippen LogP contribution is 2.35. The quantitative estimate of drug-likeness (QED) is 0.666. The average Bonchev–Trinajstić information content (AvgIpc) is 3.02. The van der Waals surface area contributed by atoms with Gasteiger partial charge in [0.2, 0.25) is 5.88 Å². The molecular formula is C16H18N3O3S2-. The van der Waals surface area contributed by atoms with E-state index in [1.54, 1.807) is 23.6 Å². The summed E-state index contributed by atoms with van der Waals surface area (Å²) in [6, 6.07) is 1.57. The van der Waals surface area contributed by atoms with Gasteiger partial charge in [-0.2, -0.15) is 0 Å². The summed E-state index contributed by atoms with van der Waals surface area (Å²) in [5, 5.41) is 0.